The maximum atomic E-state index is 14.1. The molecule has 5 aromatic carbocycles. The summed E-state index contributed by atoms with van der Waals surface area (Å²) in [5.41, 5.74) is 16.0. The predicted molar refractivity (Wildman–Crippen MR) is 290 cm³/mol. The number of carbonyl (C=O) groups excluding carboxylic acids is 4. The van der Waals surface area contributed by atoms with Gasteiger partial charge in [0.1, 0.15) is 0 Å². The lowest BCUT2D eigenvalue weighted by atomic mass is 9.64. The molecule has 8 heteroatoms. The molecule has 4 amide bonds. The van der Waals surface area contributed by atoms with Gasteiger partial charge < -0.3 is 21.3 Å². The predicted octanol–water partition coefficient (Wildman–Crippen LogP) is 15.1. The molecule has 0 saturated heterocycles. The fraction of sp³-hybridized carbons (Fsp3) is 0.452. The fourth-order valence-corrected chi connectivity index (χ4v) is 11.3. The number of benzene rings is 5. The monoisotopic (exact) mass is 943 g/mol. The highest BCUT2D eigenvalue weighted by Gasteiger charge is 2.39. The molecule has 5 aromatic rings. The molecule has 70 heavy (non-hydrogen) atoms. The molecule has 2 aliphatic carbocycles. The Balaban J connectivity index is 1.11. The Labute approximate surface area is 418 Å². The molecule has 0 heterocycles. The van der Waals surface area contributed by atoms with E-state index in [-0.39, 0.29) is 34.5 Å². The van der Waals surface area contributed by atoms with Gasteiger partial charge in [0.05, 0.1) is 0 Å². The highest BCUT2D eigenvalue weighted by molar-refractivity contribution is 6.09. The van der Waals surface area contributed by atoms with Crippen molar-refractivity contribution >= 4 is 46.4 Å². The minimum Gasteiger partial charge on any atom is -0.325 e. The van der Waals surface area contributed by atoms with Crippen molar-refractivity contribution in [3.63, 3.8) is 0 Å². The van der Waals surface area contributed by atoms with Crippen LogP contribution in [0.4, 0.5) is 22.7 Å². The summed E-state index contributed by atoms with van der Waals surface area (Å²) in [5.74, 6) is -0.542. The van der Waals surface area contributed by atoms with Crippen LogP contribution in [0, 0.1) is 66.2 Å². The number of nitrogens with one attached hydrogen (secondary N) is 4. The van der Waals surface area contributed by atoms with E-state index >= 15 is 0 Å². The van der Waals surface area contributed by atoms with Gasteiger partial charge in [0.15, 0.2) is 0 Å². The largest absolute Gasteiger partial charge is 0.325 e. The second kappa shape index (κ2) is 20.0. The minimum atomic E-state index is -0.497. The van der Waals surface area contributed by atoms with Gasteiger partial charge in [0.25, 0.3) is 11.8 Å². The zero-order chi connectivity index (χ0) is 51.1. The Kier molecular flexibility index (Phi) is 14.8. The zero-order valence-corrected chi connectivity index (χ0v) is 44.6. The summed E-state index contributed by atoms with van der Waals surface area (Å²) >= 11 is 0. The number of hydrogen-bond donors (Lipinski definition) is 4. The first-order valence-electron chi connectivity index (χ1n) is 25.7. The quantitative estimate of drug-likeness (QED) is 0.112. The molecule has 8 nitrogen and oxygen atoms in total. The van der Waals surface area contributed by atoms with E-state index < -0.39 is 10.8 Å². The molecule has 7 rings (SSSR count). The van der Waals surface area contributed by atoms with Crippen LogP contribution >= 0.6 is 0 Å². The van der Waals surface area contributed by atoms with E-state index in [4.69, 9.17) is 0 Å². The summed E-state index contributed by atoms with van der Waals surface area (Å²) in [5, 5.41) is 12.8. The van der Waals surface area contributed by atoms with Crippen molar-refractivity contribution in [3.05, 3.63) is 151 Å². The summed E-state index contributed by atoms with van der Waals surface area (Å²) in [6.45, 7) is 28.2. The number of rotatable bonds is 10. The van der Waals surface area contributed by atoms with Gasteiger partial charge in [-0.15, -0.1) is 0 Å². The molecule has 0 unspecified atom stereocenters. The van der Waals surface area contributed by atoms with E-state index in [1.807, 2.05) is 41.5 Å². The third-order valence-corrected chi connectivity index (χ3v) is 15.5. The molecule has 0 atom stereocenters. The van der Waals surface area contributed by atoms with Crippen LogP contribution in [0.5, 0.6) is 0 Å². The lowest BCUT2D eigenvalue weighted by Crippen LogP contribution is -2.32. The van der Waals surface area contributed by atoms with E-state index in [2.05, 4.69) is 125 Å². The second-order valence-electron chi connectivity index (χ2n) is 23.1. The van der Waals surface area contributed by atoms with Gasteiger partial charge in [-0.3, -0.25) is 19.2 Å². The van der Waals surface area contributed by atoms with E-state index in [1.54, 1.807) is 24.3 Å². The summed E-state index contributed by atoms with van der Waals surface area (Å²) < 4.78 is 0. The number of carbonyl (C=O) groups is 4. The van der Waals surface area contributed by atoms with Gasteiger partial charge in [-0.05, 0) is 166 Å². The number of hydrogen-bond acceptors (Lipinski definition) is 4. The summed E-state index contributed by atoms with van der Waals surface area (Å²) in [6.07, 6.45) is 11.0. The van der Waals surface area contributed by atoms with Gasteiger partial charge >= 0.3 is 0 Å². The van der Waals surface area contributed by atoms with E-state index in [0.29, 0.717) is 11.1 Å². The normalized spacial score (nSPS) is 15.7. The molecule has 0 aliphatic heterocycles. The van der Waals surface area contributed by atoms with E-state index in [1.165, 1.54) is 35.1 Å². The molecule has 0 bridgehead atoms. The second-order valence-corrected chi connectivity index (χ2v) is 23.1. The van der Waals surface area contributed by atoms with Gasteiger partial charge in [0.2, 0.25) is 11.8 Å². The van der Waals surface area contributed by atoms with Crippen LogP contribution in [0.25, 0.3) is 0 Å². The van der Waals surface area contributed by atoms with Gasteiger partial charge in [-0.25, -0.2) is 0 Å². The fourth-order valence-electron chi connectivity index (χ4n) is 11.3. The van der Waals surface area contributed by atoms with Crippen LogP contribution in [-0.4, -0.2) is 23.6 Å². The maximum absolute atomic E-state index is 14.1. The highest BCUT2D eigenvalue weighted by atomic mass is 16.2. The molecule has 4 N–H and O–H groups in total. The molecular weight excluding hydrogens is 865 g/mol. The topological polar surface area (TPSA) is 116 Å². The van der Waals surface area contributed by atoms with Crippen LogP contribution in [0.2, 0.25) is 0 Å². The summed E-state index contributed by atoms with van der Waals surface area (Å²) in [7, 11) is 0. The molecular formula is C62H78N4O4. The number of aryl methyl sites for hydroxylation is 8. The Hall–Kier alpha value is -6.02. The molecule has 0 aromatic heterocycles. The summed E-state index contributed by atoms with van der Waals surface area (Å²) in [4.78, 5) is 54.1. The Morgan fingerprint density at radius 2 is 0.614 bits per heavy atom. The van der Waals surface area contributed by atoms with Crippen molar-refractivity contribution in [1.82, 2.24) is 0 Å². The molecule has 370 valence electrons. The lowest BCUT2D eigenvalue weighted by Gasteiger charge is -2.40. The first-order chi connectivity index (χ1) is 32.8. The van der Waals surface area contributed by atoms with Crippen LogP contribution in [0.3, 0.4) is 0 Å². The smallest absolute Gasteiger partial charge is 0.255 e. The maximum Gasteiger partial charge on any atom is 0.255 e. The number of amides is 4. The Morgan fingerprint density at radius 1 is 0.371 bits per heavy atom. The third kappa shape index (κ3) is 10.5. The van der Waals surface area contributed by atoms with E-state index in [0.717, 1.165) is 119 Å². The molecule has 2 fully saturated rings. The lowest BCUT2D eigenvalue weighted by molar-refractivity contribution is -0.123. The van der Waals surface area contributed by atoms with Crippen molar-refractivity contribution in [1.29, 1.82) is 0 Å². The number of anilines is 4. The van der Waals surface area contributed by atoms with Gasteiger partial charge in [0, 0.05) is 55.5 Å². The molecule has 0 radical (unpaired) electrons. The Morgan fingerprint density at radius 3 is 0.857 bits per heavy atom. The molecule has 0 spiro atoms. The highest BCUT2D eigenvalue weighted by Crippen LogP contribution is 2.49. The van der Waals surface area contributed by atoms with Crippen molar-refractivity contribution in [2.24, 2.45) is 10.8 Å². The minimum absolute atomic E-state index is 0.00260. The van der Waals surface area contributed by atoms with Gasteiger partial charge in [-0.1, -0.05) is 135 Å². The van der Waals surface area contributed by atoms with Crippen molar-refractivity contribution < 1.29 is 19.2 Å². The first-order valence-corrected chi connectivity index (χ1v) is 25.7. The van der Waals surface area contributed by atoms with Crippen LogP contribution < -0.4 is 21.3 Å². The van der Waals surface area contributed by atoms with E-state index in [9.17, 15) is 19.2 Å². The zero-order valence-electron chi connectivity index (χ0n) is 44.6. The SMILES string of the molecule is Cc1cc(C2(c3cc(C)c(NC(=O)C(C)(C)C)c(C)c3)CCCCC2)cc(C)c1NC(=O)c1cccc(C(=O)Nc2c(C)cc(C3(c4cc(C)c(NC(=O)C(C)(C)C)c(C)c4)CCCCC3)cc2C)c1. The Bertz CT molecular complexity index is 2580. The average molecular weight is 943 g/mol. The van der Waals surface area contributed by atoms with Crippen LogP contribution in [-0.2, 0) is 20.4 Å². The third-order valence-electron chi connectivity index (χ3n) is 15.5. The van der Waals surface area contributed by atoms with Gasteiger partial charge in [-0.2, -0.15) is 0 Å². The molecule has 2 saturated carbocycles. The summed E-state index contributed by atoms with van der Waals surface area (Å²) in [6, 6.07) is 25.0. The van der Waals surface area contributed by atoms with Crippen LogP contribution in [0.15, 0.2) is 72.8 Å². The first kappa shape index (κ1) is 51.8. The van der Waals surface area contributed by atoms with Crippen molar-refractivity contribution in [2.75, 3.05) is 21.3 Å². The standard InChI is InChI=1S/C62H78N4O4/c1-37-28-47(61(24-17-15-18-25-61)49-32-41(5)53(42(6)33-49)65-57(69)59(9,10)11)29-38(2)51(37)63-55(67)45-22-21-23-46(36-45)56(68)64-52-39(3)30-48(31-40(52)4)62(26-19-16-20-27-62)50-34-43(7)54(44(8)35-50)66-58(70)60(12,13)14/h21-23,28-36H,15-20,24-27H2,1-14H3,(H,63,67)(H,64,68)(H,65,69)(H,66,70). The molecule has 2 aliphatic rings. The van der Waals surface area contributed by atoms with Crippen molar-refractivity contribution in [2.45, 2.75) is 172 Å². The average Bonchev–Trinajstić information content (AvgIpc) is 3.30. The van der Waals surface area contributed by atoms with Crippen molar-refractivity contribution in [3.8, 4) is 0 Å². The van der Waals surface area contributed by atoms with Crippen LogP contribution in [0.1, 0.15) is 193 Å².